The van der Waals surface area contributed by atoms with Crippen molar-refractivity contribution in [1.29, 1.82) is 0 Å². The zero-order chi connectivity index (χ0) is 16.5. The Hall–Kier alpha value is -1.31. The molecule has 6 heteroatoms. The van der Waals surface area contributed by atoms with Crippen LogP contribution in [0, 0.1) is 5.92 Å². The fraction of sp³-hybridized carbons (Fsp3) is 0.500. The summed E-state index contributed by atoms with van der Waals surface area (Å²) in [7, 11) is 2.72. The van der Waals surface area contributed by atoms with Crippen molar-refractivity contribution < 1.29 is 19.1 Å². The highest BCUT2D eigenvalue weighted by Gasteiger charge is 2.39. The molecule has 0 aliphatic carbocycles. The summed E-state index contributed by atoms with van der Waals surface area (Å²) in [6.07, 6.45) is 9.34. The fourth-order valence-electron chi connectivity index (χ4n) is 2.56. The number of ether oxygens (including phenoxy) is 2. The number of esters is 1. The molecule has 0 aromatic heterocycles. The standard InChI is InChI=1S/C16H22INO4/c1-4-5-6-9-12(17)14(15(19)21-2)13-10-7-8-11-18(13)16(20)22-3/h4-6,9,13-14H,1,7-8,10-11H2,2-3H3/b6-5-,12-9-/t13?,14-/m0/s1. The summed E-state index contributed by atoms with van der Waals surface area (Å²) < 4.78 is 10.6. The number of likely N-dealkylation sites (tertiary alicyclic amines) is 1. The van der Waals surface area contributed by atoms with E-state index >= 15 is 0 Å². The third-order valence-corrected chi connectivity index (χ3v) is 4.63. The predicted molar refractivity (Wildman–Crippen MR) is 93.7 cm³/mol. The van der Waals surface area contributed by atoms with Gasteiger partial charge in [0.25, 0.3) is 0 Å². The number of hydrogen-bond acceptors (Lipinski definition) is 4. The van der Waals surface area contributed by atoms with Gasteiger partial charge in [0.05, 0.1) is 20.3 Å². The molecule has 1 unspecified atom stereocenters. The van der Waals surface area contributed by atoms with Crippen molar-refractivity contribution in [3.63, 3.8) is 0 Å². The van der Waals surface area contributed by atoms with Crippen LogP contribution in [0.3, 0.4) is 0 Å². The molecule has 0 saturated carbocycles. The van der Waals surface area contributed by atoms with Crippen molar-refractivity contribution in [2.24, 2.45) is 5.92 Å². The Morgan fingerprint density at radius 3 is 2.59 bits per heavy atom. The number of methoxy groups -OCH3 is 2. The quantitative estimate of drug-likeness (QED) is 0.389. The Kier molecular flexibility index (Phi) is 8.22. The van der Waals surface area contributed by atoms with E-state index in [1.54, 1.807) is 17.1 Å². The van der Waals surface area contributed by atoms with Crippen molar-refractivity contribution in [1.82, 2.24) is 4.90 Å². The lowest BCUT2D eigenvalue weighted by molar-refractivity contribution is -0.146. The Morgan fingerprint density at radius 2 is 2.00 bits per heavy atom. The largest absolute Gasteiger partial charge is 0.468 e. The Balaban J connectivity index is 3.10. The lowest BCUT2D eigenvalue weighted by Gasteiger charge is -2.38. The number of piperidine rings is 1. The first-order valence-electron chi connectivity index (χ1n) is 7.14. The van der Waals surface area contributed by atoms with E-state index in [4.69, 9.17) is 9.47 Å². The van der Waals surface area contributed by atoms with Crippen LogP contribution in [0.5, 0.6) is 0 Å². The maximum atomic E-state index is 12.3. The average Bonchev–Trinajstić information content (AvgIpc) is 2.54. The highest BCUT2D eigenvalue weighted by molar-refractivity contribution is 14.1. The second-order valence-corrected chi connectivity index (χ2v) is 6.15. The van der Waals surface area contributed by atoms with Crippen molar-refractivity contribution in [2.45, 2.75) is 25.3 Å². The maximum absolute atomic E-state index is 12.3. The molecule has 0 radical (unpaired) electrons. The van der Waals surface area contributed by atoms with Gasteiger partial charge in [-0.3, -0.25) is 4.79 Å². The van der Waals surface area contributed by atoms with Gasteiger partial charge in [0, 0.05) is 10.1 Å². The molecule has 5 nitrogen and oxygen atoms in total. The second-order valence-electron chi connectivity index (χ2n) is 4.90. The number of halogens is 1. The van der Waals surface area contributed by atoms with Crippen LogP contribution >= 0.6 is 22.6 Å². The third-order valence-electron chi connectivity index (χ3n) is 3.60. The van der Waals surface area contributed by atoms with Gasteiger partial charge in [-0.05, 0) is 41.9 Å². The molecule has 1 amide bonds. The molecule has 0 aromatic carbocycles. The number of nitrogens with zero attached hydrogens (tertiary/aromatic N) is 1. The molecule has 1 aliphatic heterocycles. The molecule has 1 saturated heterocycles. The van der Waals surface area contributed by atoms with Crippen molar-refractivity contribution in [3.05, 3.63) is 34.5 Å². The maximum Gasteiger partial charge on any atom is 0.409 e. The average molecular weight is 419 g/mol. The van der Waals surface area contributed by atoms with E-state index in [1.165, 1.54) is 14.2 Å². The van der Waals surface area contributed by atoms with E-state index in [-0.39, 0.29) is 12.0 Å². The van der Waals surface area contributed by atoms with Crippen LogP contribution in [-0.4, -0.2) is 43.8 Å². The van der Waals surface area contributed by atoms with E-state index in [0.29, 0.717) is 6.54 Å². The molecule has 1 fully saturated rings. The lowest BCUT2D eigenvalue weighted by atomic mass is 9.90. The van der Waals surface area contributed by atoms with Crippen LogP contribution in [0.25, 0.3) is 0 Å². The van der Waals surface area contributed by atoms with E-state index in [0.717, 1.165) is 22.8 Å². The van der Waals surface area contributed by atoms with Gasteiger partial charge >= 0.3 is 12.1 Å². The number of allylic oxidation sites excluding steroid dienone is 4. The molecule has 1 rings (SSSR count). The SMILES string of the molecule is C=C/C=C\C=C(/I)[C@H](C(=O)OC)C1CCCCN1C(=O)OC. The molecule has 1 aliphatic rings. The van der Waals surface area contributed by atoms with Gasteiger partial charge in [-0.15, -0.1) is 0 Å². The van der Waals surface area contributed by atoms with Crippen LogP contribution in [0.15, 0.2) is 34.5 Å². The molecule has 1 heterocycles. The first-order chi connectivity index (χ1) is 10.6. The van der Waals surface area contributed by atoms with Gasteiger partial charge < -0.3 is 14.4 Å². The van der Waals surface area contributed by atoms with Gasteiger partial charge in [-0.1, -0.05) is 30.9 Å². The molecular formula is C16H22INO4. The van der Waals surface area contributed by atoms with Crippen molar-refractivity contribution in [3.8, 4) is 0 Å². The molecule has 0 bridgehead atoms. The smallest absolute Gasteiger partial charge is 0.409 e. The van der Waals surface area contributed by atoms with Gasteiger partial charge in [0.2, 0.25) is 0 Å². The molecule has 0 N–H and O–H groups in total. The molecular weight excluding hydrogens is 397 g/mol. The number of carbonyl (C=O) groups is 2. The highest BCUT2D eigenvalue weighted by Crippen LogP contribution is 2.32. The van der Waals surface area contributed by atoms with Crippen LogP contribution in [0.2, 0.25) is 0 Å². The molecule has 22 heavy (non-hydrogen) atoms. The monoisotopic (exact) mass is 419 g/mol. The van der Waals surface area contributed by atoms with Gasteiger partial charge in [-0.25, -0.2) is 4.79 Å². The summed E-state index contributed by atoms with van der Waals surface area (Å²) in [6, 6.07) is -0.242. The number of hydrogen-bond donors (Lipinski definition) is 0. The minimum absolute atomic E-state index is 0.242. The summed E-state index contributed by atoms with van der Waals surface area (Å²) in [5.41, 5.74) is 0. The summed E-state index contributed by atoms with van der Waals surface area (Å²) >= 11 is 2.13. The highest BCUT2D eigenvalue weighted by atomic mass is 127. The summed E-state index contributed by atoms with van der Waals surface area (Å²) in [5.74, 6) is -0.840. The van der Waals surface area contributed by atoms with Crippen LogP contribution < -0.4 is 0 Å². The van der Waals surface area contributed by atoms with Crippen LogP contribution in [0.4, 0.5) is 4.79 Å². The third kappa shape index (κ3) is 4.86. The molecule has 2 atom stereocenters. The fourth-order valence-corrected chi connectivity index (χ4v) is 3.43. The van der Waals surface area contributed by atoms with Crippen molar-refractivity contribution in [2.75, 3.05) is 20.8 Å². The van der Waals surface area contributed by atoms with E-state index < -0.39 is 12.0 Å². The van der Waals surface area contributed by atoms with E-state index in [1.807, 2.05) is 12.2 Å². The second kappa shape index (κ2) is 9.66. The van der Waals surface area contributed by atoms with E-state index in [2.05, 4.69) is 29.2 Å². The predicted octanol–water partition coefficient (Wildman–Crippen LogP) is 3.46. The number of carbonyl (C=O) groups excluding carboxylic acids is 2. The summed E-state index contributed by atoms with van der Waals surface area (Å²) in [4.78, 5) is 25.9. The Morgan fingerprint density at radius 1 is 1.27 bits per heavy atom. The zero-order valence-electron chi connectivity index (χ0n) is 13.0. The normalized spacial score (nSPS) is 20.6. The van der Waals surface area contributed by atoms with Crippen LogP contribution in [-0.2, 0) is 14.3 Å². The molecule has 0 aromatic rings. The first-order valence-corrected chi connectivity index (χ1v) is 8.21. The minimum atomic E-state index is -0.500. The first kappa shape index (κ1) is 18.7. The zero-order valence-corrected chi connectivity index (χ0v) is 15.1. The van der Waals surface area contributed by atoms with Crippen LogP contribution in [0.1, 0.15) is 19.3 Å². The molecule has 0 spiro atoms. The molecule has 122 valence electrons. The summed E-state index contributed by atoms with van der Waals surface area (Å²) in [5, 5.41) is 0. The van der Waals surface area contributed by atoms with Gasteiger partial charge in [0.1, 0.15) is 5.92 Å². The Bertz CT molecular complexity index is 473. The lowest BCUT2D eigenvalue weighted by Crippen LogP contribution is -2.49. The van der Waals surface area contributed by atoms with E-state index in [9.17, 15) is 9.59 Å². The topological polar surface area (TPSA) is 55.8 Å². The minimum Gasteiger partial charge on any atom is -0.468 e. The Labute approximate surface area is 145 Å². The van der Waals surface area contributed by atoms with Gasteiger partial charge in [-0.2, -0.15) is 0 Å². The number of rotatable bonds is 5. The summed E-state index contributed by atoms with van der Waals surface area (Å²) in [6.45, 7) is 4.20. The van der Waals surface area contributed by atoms with Crippen molar-refractivity contribution >= 4 is 34.7 Å². The van der Waals surface area contributed by atoms with Gasteiger partial charge in [0.15, 0.2) is 0 Å². The number of amides is 1.